The zero-order chi connectivity index (χ0) is 13.5. The minimum absolute atomic E-state index is 0.311. The summed E-state index contributed by atoms with van der Waals surface area (Å²) in [6, 6.07) is 0. The Hall–Kier alpha value is -1.43. The number of nitrogens with two attached hydrogens (primary N) is 1. The van der Waals surface area contributed by atoms with E-state index in [1.54, 1.807) is 0 Å². The average molecular weight is 262 g/mol. The number of rotatable bonds is 3. The first-order chi connectivity index (χ1) is 9.06. The van der Waals surface area contributed by atoms with Crippen LogP contribution in [0.25, 0.3) is 0 Å². The van der Waals surface area contributed by atoms with E-state index in [2.05, 4.69) is 19.9 Å². The van der Waals surface area contributed by atoms with Gasteiger partial charge in [0, 0.05) is 20.6 Å². The molecule has 1 aromatic rings. The molecule has 1 aliphatic carbocycles. The number of likely N-dealkylation sites (tertiary alicyclic amines) is 1. The Kier molecular flexibility index (Phi) is 3.05. The average Bonchev–Trinajstić information content (AvgIpc) is 2.72. The normalized spacial score (nSPS) is 21.6. The van der Waals surface area contributed by atoms with Gasteiger partial charge in [-0.1, -0.05) is 6.42 Å². The van der Waals surface area contributed by atoms with E-state index in [0.717, 1.165) is 18.9 Å². The minimum atomic E-state index is 0.311. The van der Waals surface area contributed by atoms with Crippen LogP contribution < -0.4 is 10.6 Å². The first-order valence-corrected chi connectivity index (χ1v) is 6.96. The summed E-state index contributed by atoms with van der Waals surface area (Å²) >= 11 is 0. The lowest BCUT2D eigenvalue weighted by molar-refractivity contribution is 0.136. The van der Waals surface area contributed by atoms with Gasteiger partial charge >= 0.3 is 0 Å². The Morgan fingerprint density at radius 3 is 2.58 bits per heavy atom. The van der Waals surface area contributed by atoms with Crippen molar-refractivity contribution in [2.45, 2.75) is 32.2 Å². The predicted molar refractivity (Wildman–Crippen MR) is 74.7 cm³/mol. The van der Waals surface area contributed by atoms with Crippen LogP contribution in [0.4, 0.5) is 11.9 Å². The van der Waals surface area contributed by atoms with Crippen LogP contribution in [-0.2, 0) is 6.54 Å². The lowest BCUT2D eigenvalue weighted by Gasteiger charge is -2.38. The van der Waals surface area contributed by atoms with Gasteiger partial charge in [-0.3, -0.25) is 4.90 Å². The summed E-state index contributed by atoms with van der Waals surface area (Å²) in [7, 11) is 3.83. The van der Waals surface area contributed by atoms with Gasteiger partial charge in [-0.25, -0.2) is 0 Å². The Balaban J connectivity index is 1.69. The molecule has 6 heteroatoms. The van der Waals surface area contributed by atoms with E-state index in [-0.39, 0.29) is 0 Å². The van der Waals surface area contributed by atoms with Crippen molar-refractivity contribution < 1.29 is 0 Å². The maximum absolute atomic E-state index is 5.75. The molecule has 2 fully saturated rings. The minimum Gasteiger partial charge on any atom is -0.368 e. The van der Waals surface area contributed by atoms with Gasteiger partial charge in [0.1, 0.15) is 5.82 Å². The molecule has 1 aliphatic heterocycles. The van der Waals surface area contributed by atoms with Crippen molar-refractivity contribution in [2.75, 3.05) is 37.8 Å². The molecule has 6 nitrogen and oxygen atoms in total. The van der Waals surface area contributed by atoms with E-state index in [9.17, 15) is 0 Å². The second kappa shape index (κ2) is 4.59. The highest BCUT2D eigenvalue weighted by Crippen LogP contribution is 2.48. The van der Waals surface area contributed by atoms with Gasteiger partial charge in [0.2, 0.25) is 11.9 Å². The first kappa shape index (κ1) is 12.6. The number of nitrogens with zero attached hydrogens (tertiary/aromatic N) is 5. The van der Waals surface area contributed by atoms with E-state index in [1.807, 2.05) is 19.0 Å². The summed E-state index contributed by atoms with van der Waals surface area (Å²) in [5, 5.41) is 0. The summed E-state index contributed by atoms with van der Waals surface area (Å²) < 4.78 is 0. The van der Waals surface area contributed by atoms with Crippen molar-refractivity contribution in [3.05, 3.63) is 5.82 Å². The van der Waals surface area contributed by atoms with E-state index in [1.165, 1.54) is 32.2 Å². The van der Waals surface area contributed by atoms with Crippen LogP contribution in [0.2, 0.25) is 0 Å². The molecule has 1 aromatic heterocycles. The molecule has 0 atom stereocenters. The van der Waals surface area contributed by atoms with Gasteiger partial charge < -0.3 is 10.6 Å². The zero-order valence-electron chi connectivity index (χ0n) is 11.8. The third kappa shape index (κ3) is 2.49. The van der Waals surface area contributed by atoms with Crippen molar-refractivity contribution in [3.63, 3.8) is 0 Å². The maximum Gasteiger partial charge on any atom is 0.229 e. The molecule has 2 aliphatic rings. The van der Waals surface area contributed by atoms with Crippen LogP contribution in [-0.4, -0.2) is 47.0 Å². The molecule has 1 saturated carbocycles. The zero-order valence-corrected chi connectivity index (χ0v) is 11.8. The van der Waals surface area contributed by atoms with Crippen LogP contribution in [0.3, 0.4) is 0 Å². The topological polar surface area (TPSA) is 71.2 Å². The SMILES string of the molecule is CN(C)c1nc(N)nc(CN2CCC3(CCC3)C2)n1. The second-order valence-corrected chi connectivity index (χ2v) is 6.12. The first-order valence-electron chi connectivity index (χ1n) is 6.96. The highest BCUT2D eigenvalue weighted by molar-refractivity contribution is 5.32. The van der Waals surface area contributed by atoms with Gasteiger partial charge in [-0.05, 0) is 31.2 Å². The van der Waals surface area contributed by atoms with Crippen LogP contribution in [0.15, 0.2) is 0 Å². The molecule has 19 heavy (non-hydrogen) atoms. The summed E-state index contributed by atoms with van der Waals surface area (Å²) in [4.78, 5) is 17.2. The van der Waals surface area contributed by atoms with Crippen LogP contribution in [0.1, 0.15) is 31.5 Å². The fraction of sp³-hybridized carbons (Fsp3) is 0.769. The Bertz CT molecular complexity index is 468. The Morgan fingerprint density at radius 2 is 2.00 bits per heavy atom. The molecule has 0 aromatic carbocycles. The van der Waals surface area contributed by atoms with E-state index in [0.29, 0.717) is 17.3 Å². The van der Waals surface area contributed by atoms with Crippen molar-refractivity contribution in [2.24, 2.45) is 5.41 Å². The summed E-state index contributed by atoms with van der Waals surface area (Å²) in [5.41, 5.74) is 6.37. The Morgan fingerprint density at radius 1 is 1.21 bits per heavy atom. The number of hydrogen-bond donors (Lipinski definition) is 1. The third-order valence-corrected chi connectivity index (χ3v) is 4.38. The van der Waals surface area contributed by atoms with Crippen molar-refractivity contribution in [3.8, 4) is 0 Å². The molecule has 104 valence electrons. The molecular weight excluding hydrogens is 240 g/mol. The second-order valence-electron chi connectivity index (χ2n) is 6.12. The van der Waals surface area contributed by atoms with Crippen LogP contribution >= 0.6 is 0 Å². The van der Waals surface area contributed by atoms with Gasteiger partial charge in [0.15, 0.2) is 0 Å². The molecular formula is C13H22N6. The van der Waals surface area contributed by atoms with Crippen LogP contribution in [0, 0.1) is 5.41 Å². The smallest absolute Gasteiger partial charge is 0.229 e. The number of nitrogen functional groups attached to an aromatic ring is 1. The standard InChI is InChI=1S/C13H22N6/c1-18(2)12-16-10(15-11(14)17-12)8-19-7-6-13(9-19)4-3-5-13/h3-9H2,1-2H3,(H2,14,15,16,17). The number of aromatic nitrogens is 3. The molecule has 0 radical (unpaired) electrons. The highest BCUT2D eigenvalue weighted by Gasteiger charge is 2.42. The van der Waals surface area contributed by atoms with Crippen LogP contribution in [0.5, 0.6) is 0 Å². The lowest BCUT2D eigenvalue weighted by Crippen LogP contribution is -2.33. The molecule has 0 bridgehead atoms. The summed E-state index contributed by atoms with van der Waals surface area (Å²) in [6.07, 6.45) is 5.52. The van der Waals surface area contributed by atoms with Crippen molar-refractivity contribution in [1.29, 1.82) is 0 Å². The largest absolute Gasteiger partial charge is 0.368 e. The fourth-order valence-corrected chi connectivity index (χ4v) is 3.14. The highest BCUT2D eigenvalue weighted by atomic mass is 15.3. The lowest BCUT2D eigenvalue weighted by atomic mass is 9.68. The predicted octanol–water partition coefficient (Wildman–Crippen LogP) is 0.896. The number of anilines is 2. The molecule has 2 heterocycles. The van der Waals surface area contributed by atoms with E-state index in [4.69, 9.17) is 5.73 Å². The van der Waals surface area contributed by atoms with Gasteiger partial charge in [0.25, 0.3) is 0 Å². The molecule has 3 rings (SSSR count). The molecule has 1 spiro atoms. The van der Waals surface area contributed by atoms with Crippen molar-refractivity contribution >= 4 is 11.9 Å². The van der Waals surface area contributed by atoms with E-state index < -0.39 is 0 Å². The molecule has 0 amide bonds. The van der Waals surface area contributed by atoms with Crippen molar-refractivity contribution in [1.82, 2.24) is 19.9 Å². The van der Waals surface area contributed by atoms with Gasteiger partial charge in [0.05, 0.1) is 6.54 Å². The molecule has 1 saturated heterocycles. The monoisotopic (exact) mass is 262 g/mol. The Labute approximate surface area is 114 Å². The van der Waals surface area contributed by atoms with E-state index >= 15 is 0 Å². The van der Waals surface area contributed by atoms with Gasteiger partial charge in [-0.2, -0.15) is 15.0 Å². The van der Waals surface area contributed by atoms with Gasteiger partial charge in [-0.15, -0.1) is 0 Å². The molecule has 2 N–H and O–H groups in total. The quantitative estimate of drug-likeness (QED) is 0.872. The fourth-order valence-electron chi connectivity index (χ4n) is 3.14. The number of hydrogen-bond acceptors (Lipinski definition) is 6. The maximum atomic E-state index is 5.75. The summed E-state index contributed by atoms with van der Waals surface area (Å²) in [5.74, 6) is 1.74. The third-order valence-electron chi connectivity index (χ3n) is 4.38. The summed E-state index contributed by atoms with van der Waals surface area (Å²) in [6.45, 7) is 3.13. The molecule has 0 unspecified atom stereocenters.